The third kappa shape index (κ3) is 4.34. The Hall–Kier alpha value is -1.37. The van der Waals surface area contributed by atoms with Gasteiger partial charge in [-0.05, 0) is 56.6 Å². The van der Waals surface area contributed by atoms with Crippen molar-refractivity contribution in [2.24, 2.45) is 0 Å². The second-order valence-corrected chi connectivity index (χ2v) is 7.86. The molecule has 1 aromatic rings. The minimum absolute atomic E-state index is 0.0538. The van der Waals surface area contributed by atoms with Crippen molar-refractivity contribution in [3.05, 3.63) is 22.6 Å². The van der Waals surface area contributed by atoms with Crippen LogP contribution in [-0.4, -0.2) is 46.8 Å². The molecular weight excluding hydrogens is 365 g/mol. The summed E-state index contributed by atoms with van der Waals surface area (Å²) in [5.41, 5.74) is -0.531. The van der Waals surface area contributed by atoms with Gasteiger partial charge < -0.3 is 14.5 Å². The lowest BCUT2D eigenvalue weighted by Gasteiger charge is -2.44. The summed E-state index contributed by atoms with van der Waals surface area (Å²) in [4.78, 5) is 20.1. The molecule has 23 heavy (non-hydrogen) atoms. The average Bonchev–Trinajstić information content (AvgIpc) is 2.39. The number of amides is 1. The topological polar surface area (TPSA) is 45.7 Å². The van der Waals surface area contributed by atoms with Crippen LogP contribution < -0.4 is 4.90 Å². The first kappa shape index (κ1) is 18.0. The van der Waals surface area contributed by atoms with Crippen LogP contribution in [0, 0.1) is 5.82 Å². The van der Waals surface area contributed by atoms with Crippen LogP contribution in [0.4, 0.5) is 15.0 Å². The summed E-state index contributed by atoms with van der Waals surface area (Å²) >= 11 is 3.21. The van der Waals surface area contributed by atoms with Gasteiger partial charge in [-0.25, -0.2) is 14.2 Å². The first-order chi connectivity index (χ1) is 10.6. The van der Waals surface area contributed by atoms with Gasteiger partial charge in [0.2, 0.25) is 0 Å². The molecule has 1 aliphatic heterocycles. The van der Waals surface area contributed by atoms with Crippen molar-refractivity contribution in [1.29, 1.82) is 0 Å². The number of hydrogen-bond acceptors (Lipinski definition) is 4. The van der Waals surface area contributed by atoms with Crippen LogP contribution in [0.15, 0.2) is 16.7 Å². The number of carbonyl (C=O) groups excluding carboxylic acids is 1. The van der Waals surface area contributed by atoms with Gasteiger partial charge in [-0.1, -0.05) is 0 Å². The summed E-state index contributed by atoms with van der Waals surface area (Å²) in [6.45, 7) is 10.4. The van der Waals surface area contributed by atoms with E-state index in [1.165, 1.54) is 6.07 Å². The van der Waals surface area contributed by atoms with Crippen molar-refractivity contribution in [3.63, 3.8) is 0 Å². The SMILES string of the molecule is C[C@@H]1CN(c2ncc(Br)cc2F)[C@@H](C)CN1C(=O)OC(C)(C)C. The number of hydrogen-bond donors (Lipinski definition) is 0. The minimum Gasteiger partial charge on any atom is -0.444 e. The molecule has 1 fully saturated rings. The molecule has 0 bridgehead atoms. The van der Waals surface area contributed by atoms with Crippen LogP contribution in [0.3, 0.4) is 0 Å². The van der Waals surface area contributed by atoms with Gasteiger partial charge in [0.15, 0.2) is 11.6 Å². The zero-order valence-electron chi connectivity index (χ0n) is 14.1. The van der Waals surface area contributed by atoms with Gasteiger partial charge >= 0.3 is 6.09 Å². The smallest absolute Gasteiger partial charge is 0.410 e. The first-order valence-electron chi connectivity index (χ1n) is 7.66. The lowest BCUT2D eigenvalue weighted by atomic mass is 10.1. The predicted octanol–water partition coefficient (Wildman–Crippen LogP) is 3.82. The van der Waals surface area contributed by atoms with Gasteiger partial charge in [-0.2, -0.15) is 0 Å². The fourth-order valence-corrected chi connectivity index (χ4v) is 2.92. The summed E-state index contributed by atoms with van der Waals surface area (Å²) in [6.07, 6.45) is 1.25. The molecule has 128 valence electrons. The van der Waals surface area contributed by atoms with Crippen LogP contribution in [0.2, 0.25) is 0 Å². The Bertz CT molecular complexity index is 591. The number of halogens is 2. The molecule has 2 rings (SSSR count). The van der Waals surface area contributed by atoms with Crippen molar-refractivity contribution in [1.82, 2.24) is 9.88 Å². The molecule has 0 saturated carbocycles. The maximum Gasteiger partial charge on any atom is 0.410 e. The van der Waals surface area contributed by atoms with Crippen LogP contribution >= 0.6 is 15.9 Å². The highest BCUT2D eigenvalue weighted by atomic mass is 79.9. The Kier molecular flexibility index (Phi) is 5.18. The Morgan fingerprint density at radius 1 is 1.35 bits per heavy atom. The number of ether oxygens (including phenoxy) is 1. The fourth-order valence-electron chi connectivity index (χ4n) is 2.62. The number of carbonyl (C=O) groups is 1. The molecule has 5 nitrogen and oxygen atoms in total. The molecule has 0 aliphatic carbocycles. The molecule has 0 unspecified atom stereocenters. The molecule has 0 radical (unpaired) electrons. The van der Waals surface area contributed by atoms with Gasteiger partial charge in [0, 0.05) is 35.8 Å². The van der Waals surface area contributed by atoms with E-state index >= 15 is 0 Å². The zero-order chi connectivity index (χ0) is 17.4. The Morgan fingerprint density at radius 3 is 2.57 bits per heavy atom. The standard InChI is InChI=1S/C16H23BrFN3O2/c1-10-9-21(15(22)23-16(3,4)5)11(2)8-20(10)14-13(18)6-12(17)7-19-14/h6-7,10-11H,8-9H2,1-5H3/t10-,11+/m0/s1. The molecule has 1 aliphatic rings. The number of aromatic nitrogens is 1. The van der Waals surface area contributed by atoms with Crippen LogP contribution in [0.25, 0.3) is 0 Å². The molecule has 1 amide bonds. The van der Waals surface area contributed by atoms with E-state index in [4.69, 9.17) is 4.74 Å². The van der Waals surface area contributed by atoms with E-state index in [9.17, 15) is 9.18 Å². The normalized spacial score (nSPS) is 22.2. The van der Waals surface area contributed by atoms with Gasteiger partial charge in [0.1, 0.15) is 5.60 Å². The van der Waals surface area contributed by atoms with Gasteiger partial charge in [-0.15, -0.1) is 0 Å². The summed E-state index contributed by atoms with van der Waals surface area (Å²) in [5.74, 6) is -0.0551. The van der Waals surface area contributed by atoms with E-state index in [1.54, 1.807) is 11.1 Å². The molecule has 1 aromatic heterocycles. The lowest BCUT2D eigenvalue weighted by Crippen LogP contribution is -2.59. The van der Waals surface area contributed by atoms with Crippen molar-refractivity contribution >= 4 is 27.8 Å². The van der Waals surface area contributed by atoms with Gasteiger partial charge in [-0.3, -0.25) is 0 Å². The maximum atomic E-state index is 14.2. The molecule has 2 atom stereocenters. The molecular formula is C16H23BrFN3O2. The lowest BCUT2D eigenvalue weighted by molar-refractivity contribution is 0.0129. The third-order valence-corrected chi connectivity index (χ3v) is 4.11. The number of pyridine rings is 1. The Morgan fingerprint density at radius 2 is 2.00 bits per heavy atom. The average molecular weight is 388 g/mol. The highest BCUT2D eigenvalue weighted by molar-refractivity contribution is 9.10. The quantitative estimate of drug-likeness (QED) is 0.734. The van der Waals surface area contributed by atoms with Crippen molar-refractivity contribution in [2.75, 3.05) is 18.0 Å². The number of piperazine rings is 1. The van der Waals surface area contributed by atoms with Crippen LogP contribution in [0.5, 0.6) is 0 Å². The zero-order valence-corrected chi connectivity index (χ0v) is 15.7. The van der Waals surface area contributed by atoms with Crippen molar-refractivity contribution < 1.29 is 13.9 Å². The number of rotatable bonds is 1. The highest BCUT2D eigenvalue weighted by Crippen LogP contribution is 2.26. The largest absolute Gasteiger partial charge is 0.444 e. The van der Waals surface area contributed by atoms with Crippen LogP contribution in [-0.2, 0) is 4.74 Å². The van der Waals surface area contributed by atoms with E-state index in [0.717, 1.165) is 0 Å². The second-order valence-electron chi connectivity index (χ2n) is 6.94. The molecule has 0 spiro atoms. The number of nitrogens with zero attached hydrogens (tertiary/aromatic N) is 3. The molecule has 7 heteroatoms. The fraction of sp³-hybridized carbons (Fsp3) is 0.625. The maximum absolute atomic E-state index is 14.2. The van der Waals surface area contributed by atoms with Gasteiger partial charge in [0.05, 0.1) is 0 Å². The van der Waals surface area contributed by atoms with E-state index in [1.807, 2.05) is 39.5 Å². The summed E-state index contributed by atoms with van der Waals surface area (Å²) in [7, 11) is 0. The van der Waals surface area contributed by atoms with Crippen molar-refractivity contribution in [3.8, 4) is 0 Å². The molecule has 1 saturated heterocycles. The van der Waals surface area contributed by atoms with Gasteiger partial charge in [0.25, 0.3) is 0 Å². The number of anilines is 1. The molecule has 0 N–H and O–H groups in total. The monoisotopic (exact) mass is 387 g/mol. The summed E-state index contributed by atoms with van der Waals surface area (Å²) < 4.78 is 20.2. The summed E-state index contributed by atoms with van der Waals surface area (Å²) in [6, 6.07) is 1.26. The van der Waals surface area contributed by atoms with E-state index < -0.39 is 5.60 Å². The highest BCUT2D eigenvalue weighted by Gasteiger charge is 2.35. The minimum atomic E-state index is -0.531. The molecule has 0 aromatic carbocycles. The van der Waals surface area contributed by atoms with E-state index in [2.05, 4.69) is 20.9 Å². The second kappa shape index (κ2) is 6.63. The van der Waals surface area contributed by atoms with Crippen LogP contribution in [0.1, 0.15) is 34.6 Å². The first-order valence-corrected chi connectivity index (χ1v) is 8.45. The van der Waals surface area contributed by atoms with E-state index in [-0.39, 0.29) is 24.0 Å². The van der Waals surface area contributed by atoms with Crippen molar-refractivity contribution in [2.45, 2.75) is 52.3 Å². The predicted molar refractivity (Wildman–Crippen MR) is 91.1 cm³/mol. The Balaban J connectivity index is 2.14. The van der Waals surface area contributed by atoms with E-state index in [0.29, 0.717) is 23.4 Å². The Labute approximate surface area is 144 Å². The third-order valence-electron chi connectivity index (χ3n) is 3.67. The molecule has 2 heterocycles. The summed E-state index contributed by atoms with van der Waals surface area (Å²) in [5, 5.41) is 0.